The summed E-state index contributed by atoms with van der Waals surface area (Å²) in [7, 11) is 1.24. The largest absolute Gasteiger partial charge is 0.493 e. The molecule has 0 aromatic heterocycles. The molecule has 0 spiro atoms. The van der Waals surface area contributed by atoms with E-state index >= 15 is 0 Å². The van der Waals surface area contributed by atoms with Gasteiger partial charge >= 0.3 is 11.9 Å². The van der Waals surface area contributed by atoms with Crippen molar-refractivity contribution in [3.8, 4) is 17.2 Å². The molecule has 0 unspecified atom stereocenters. The van der Waals surface area contributed by atoms with E-state index in [4.69, 9.17) is 34.0 Å². The first kappa shape index (κ1) is 27.0. The maximum Gasteiger partial charge on any atom is 0.414 e. The van der Waals surface area contributed by atoms with Crippen LogP contribution in [0.2, 0.25) is 0 Å². The molecule has 1 heterocycles. The number of benzene rings is 1. The van der Waals surface area contributed by atoms with Crippen LogP contribution in [0.15, 0.2) is 12.1 Å². The van der Waals surface area contributed by atoms with Gasteiger partial charge in [-0.3, -0.25) is 4.79 Å². The number of rotatable bonds is 7. The Kier molecular flexibility index (Phi) is 10.2. The van der Waals surface area contributed by atoms with Crippen LogP contribution >= 0.6 is 0 Å². The van der Waals surface area contributed by atoms with Crippen molar-refractivity contribution < 1.29 is 47.2 Å². The van der Waals surface area contributed by atoms with Crippen LogP contribution in [0.3, 0.4) is 0 Å². The number of methoxy groups -OCH3 is 3. The molecule has 1 saturated heterocycles. The molecule has 0 atom stereocenters. The summed E-state index contributed by atoms with van der Waals surface area (Å²) in [6, 6.07) is 3.20. The second-order valence-electron chi connectivity index (χ2n) is 6.53. The maximum absolute atomic E-state index is 12.8. The molecular formula is C19H28N2O10S. The van der Waals surface area contributed by atoms with Gasteiger partial charge in [-0.2, -0.15) is 4.31 Å². The van der Waals surface area contributed by atoms with Crippen molar-refractivity contribution in [1.82, 2.24) is 9.21 Å². The van der Waals surface area contributed by atoms with E-state index in [9.17, 15) is 13.2 Å². The number of aliphatic carboxylic acids is 2. The Bertz CT molecular complexity index is 887. The number of carboxylic acids is 2. The second-order valence-corrected chi connectivity index (χ2v) is 8.62. The third-order valence-electron chi connectivity index (χ3n) is 4.48. The Balaban J connectivity index is 0.000000751. The molecule has 1 fully saturated rings. The zero-order valence-electron chi connectivity index (χ0n) is 18.4. The van der Waals surface area contributed by atoms with Gasteiger partial charge < -0.3 is 29.3 Å². The molecule has 32 heavy (non-hydrogen) atoms. The van der Waals surface area contributed by atoms with Gasteiger partial charge in [0.1, 0.15) is 0 Å². The molecular weight excluding hydrogens is 448 g/mol. The van der Waals surface area contributed by atoms with Gasteiger partial charge in [0.2, 0.25) is 15.8 Å². The summed E-state index contributed by atoms with van der Waals surface area (Å²) in [6.07, 6.45) is 0.576. The van der Waals surface area contributed by atoms with Crippen LogP contribution in [-0.4, -0.2) is 98.9 Å². The molecule has 0 saturated carbocycles. The zero-order chi connectivity index (χ0) is 24.5. The predicted octanol–water partition coefficient (Wildman–Crippen LogP) is 0.366. The van der Waals surface area contributed by atoms with Gasteiger partial charge in [-0.15, -0.1) is 0 Å². The van der Waals surface area contributed by atoms with Crippen molar-refractivity contribution in [2.24, 2.45) is 0 Å². The lowest BCUT2D eigenvalue weighted by Gasteiger charge is -2.34. The van der Waals surface area contributed by atoms with Crippen LogP contribution in [-0.2, 0) is 19.6 Å². The molecule has 12 nitrogen and oxygen atoms in total. The quantitative estimate of drug-likeness (QED) is 0.526. The first-order valence-electron chi connectivity index (χ1n) is 9.55. The highest BCUT2D eigenvalue weighted by Crippen LogP contribution is 2.38. The number of hydrogen-bond acceptors (Lipinski definition) is 8. The van der Waals surface area contributed by atoms with Gasteiger partial charge in [0, 0.05) is 31.7 Å². The summed E-state index contributed by atoms with van der Waals surface area (Å²) >= 11 is 0. The number of piperazine rings is 1. The van der Waals surface area contributed by atoms with Gasteiger partial charge in [0.05, 0.1) is 27.1 Å². The van der Waals surface area contributed by atoms with Gasteiger partial charge in [-0.1, -0.05) is 6.92 Å². The van der Waals surface area contributed by atoms with Crippen LogP contribution in [0.25, 0.3) is 0 Å². The molecule has 1 aliphatic heterocycles. The number of carbonyl (C=O) groups is 3. The Morgan fingerprint density at radius 3 is 1.72 bits per heavy atom. The summed E-state index contributed by atoms with van der Waals surface area (Å²) in [6.45, 7) is 3.13. The topological polar surface area (TPSA) is 160 Å². The van der Waals surface area contributed by atoms with Crippen molar-refractivity contribution in [1.29, 1.82) is 0 Å². The molecule has 2 N–H and O–H groups in total. The maximum atomic E-state index is 12.8. The normalized spacial score (nSPS) is 14.1. The highest BCUT2D eigenvalue weighted by atomic mass is 32.2. The van der Waals surface area contributed by atoms with Gasteiger partial charge in [0.25, 0.3) is 5.91 Å². The minimum absolute atomic E-state index is 0.133. The highest BCUT2D eigenvalue weighted by Gasteiger charge is 2.29. The fraction of sp³-hybridized carbons (Fsp3) is 0.526. The van der Waals surface area contributed by atoms with E-state index in [1.54, 1.807) is 17.0 Å². The highest BCUT2D eigenvalue weighted by molar-refractivity contribution is 7.89. The third-order valence-corrected chi connectivity index (χ3v) is 6.55. The lowest BCUT2D eigenvalue weighted by atomic mass is 10.1. The minimum Gasteiger partial charge on any atom is -0.493 e. The van der Waals surface area contributed by atoms with Crippen LogP contribution in [0.4, 0.5) is 0 Å². The second kappa shape index (κ2) is 12.1. The zero-order valence-corrected chi connectivity index (χ0v) is 19.2. The Morgan fingerprint density at radius 2 is 1.38 bits per heavy atom. The van der Waals surface area contributed by atoms with E-state index in [2.05, 4.69) is 0 Å². The van der Waals surface area contributed by atoms with E-state index < -0.39 is 22.0 Å². The van der Waals surface area contributed by atoms with E-state index in [-0.39, 0.29) is 11.7 Å². The summed E-state index contributed by atoms with van der Waals surface area (Å²) in [5.41, 5.74) is 0.407. The summed E-state index contributed by atoms with van der Waals surface area (Å²) in [5, 5.41) is 14.8. The predicted molar refractivity (Wildman–Crippen MR) is 113 cm³/mol. The number of ether oxygens (including phenoxy) is 3. The van der Waals surface area contributed by atoms with Gasteiger partial charge in [-0.05, 0) is 18.6 Å². The van der Waals surface area contributed by atoms with Crippen molar-refractivity contribution >= 4 is 27.9 Å². The fourth-order valence-corrected chi connectivity index (χ4v) is 4.44. The van der Waals surface area contributed by atoms with Crippen LogP contribution in [0.1, 0.15) is 23.7 Å². The standard InChI is InChI=1S/C17H26N2O6S.C2H2O4/c1-5-10-26(21,22)19-8-6-18(7-9-19)17(20)13-11-14(23-2)16(25-4)15(12-13)24-3;3-1(4)2(5)6/h11-12H,5-10H2,1-4H3;(H,3,4)(H,5,6). The van der Waals surface area contributed by atoms with E-state index in [1.807, 2.05) is 6.92 Å². The molecule has 2 rings (SSSR count). The van der Waals surface area contributed by atoms with Crippen molar-refractivity contribution in [2.75, 3.05) is 53.3 Å². The van der Waals surface area contributed by atoms with Gasteiger partial charge in [0.15, 0.2) is 11.5 Å². The lowest BCUT2D eigenvalue weighted by molar-refractivity contribution is -0.159. The van der Waals surface area contributed by atoms with Crippen molar-refractivity contribution in [3.05, 3.63) is 17.7 Å². The van der Waals surface area contributed by atoms with Crippen molar-refractivity contribution in [3.63, 3.8) is 0 Å². The Hall–Kier alpha value is -3.06. The monoisotopic (exact) mass is 476 g/mol. The number of hydrogen-bond donors (Lipinski definition) is 2. The average Bonchev–Trinajstić information content (AvgIpc) is 2.77. The summed E-state index contributed by atoms with van der Waals surface area (Å²) in [5.74, 6) is -2.49. The molecule has 1 aliphatic rings. The minimum atomic E-state index is -3.24. The molecule has 0 radical (unpaired) electrons. The molecule has 1 aromatic carbocycles. The number of sulfonamides is 1. The fourth-order valence-electron chi connectivity index (χ4n) is 2.94. The number of carbonyl (C=O) groups excluding carboxylic acids is 1. The molecule has 0 bridgehead atoms. The SMILES string of the molecule is CCCS(=O)(=O)N1CCN(C(=O)c2cc(OC)c(OC)c(OC)c2)CC1.O=C(O)C(=O)O. The summed E-state index contributed by atoms with van der Waals surface area (Å²) < 4.78 is 41.6. The van der Waals surface area contributed by atoms with E-state index in [0.717, 1.165) is 0 Å². The number of amides is 1. The first-order chi connectivity index (χ1) is 15.0. The molecule has 1 aromatic rings. The van der Waals surface area contributed by atoms with E-state index in [1.165, 1.54) is 25.6 Å². The molecule has 1 amide bonds. The smallest absolute Gasteiger partial charge is 0.414 e. The van der Waals surface area contributed by atoms with Gasteiger partial charge in [-0.25, -0.2) is 18.0 Å². The molecule has 180 valence electrons. The van der Waals surface area contributed by atoms with Crippen molar-refractivity contribution in [2.45, 2.75) is 13.3 Å². The Morgan fingerprint density at radius 1 is 0.906 bits per heavy atom. The summed E-state index contributed by atoms with van der Waals surface area (Å²) in [4.78, 5) is 32.7. The first-order valence-corrected chi connectivity index (χ1v) is 11.2. The number of carboxylic acid groups (broad SMARTS) is 2. The van der Waals surface area contributed by atoms with Crippen LogP contribution < -0.4 is 14.2 Å². The number of nitrogens with zero attached hydrogens (tertiary/aromatic N) is 2. The van der Waals surface area contributed by atoms with E-state index in [0.29, 0.717) is 55.4 Å². The molecule has 0 aliphatic carbocycles. The molecule has 13 heteroatoms. The van der Waals surface area contributed by atoms with Crippen LogP contribution in [0, 0.1) is 0 Å². The Labute approximate surface area is 186 Å². The average molecular weight is 477 g/mol. The van der Waals surface area contributed by atoms with Crippen LogP contribution in [0.5, 0.6) is 17.2 Å². The lowest BCUT2D eigenvalue weighted by Crippen LogP contribution is -2.51. The third kappa shape index (κ3) is 6.99.